The molecule has 0 heteroatoms. The van der Waals surface area contributed by atoms with Gasteiger partial charge < -0.3 is 0 Å². The Labute approximate surface area is 97.9 Å². The van der Waals surface area contributed by atoms with E-state index in [2.05, 4.69) is 63.2 Å². The molecule has 0 spiro atoms. The molecule has 0 aromatic heterocycles. The van der Waals surface area contributed by atoms with E-state index in [1.54, 1.807) is 0 Å². The first kappa shape index (κ1) is 10.9. The molecule has 82 valence electrons. The fourth-order valence-electron chi connectivity index (χ4n) is 2.02. The maximum atomic E-state index is 2.28. The lowest BCUT2D eigenvalue weighted by molar-refractivity contribution is 1.11. The monoisotopic (exact) mass is 210 g/mol. The van der Waals surface area contributed by atoms with Crippen LogP contribution >= 0.6 is 0 Å². The molecule has 0 radical (unpaired) electrons. The summed E-state index contributed by atoms with van der Waals surface area (Å²) in [5, 5.41) is 0. The first-order valence-corrected chi connectivity index (χ1v) is 5.87. The summed E-state index contributed by atoms with van der Waals surface area (Å²) in [6, 6.07) is 15.5. The van der Waals surface area contributed by atoms with Crippen LogP contribution in [-0.4, -0.2) is 0 Å². The minimum Gasteiger partial charge on any atom is -0.0613 e. The van der Waals surface area contributed by atoms with Crippen molar-refractivity contribution in [3.05, 3.63) is 59.2 Å². The summed E-state index contributed by atoms with van der Waals surface area (Å²) in [6.07, 6.45) is 1.11. The highest BCUT2D eigenvalue weighted by Gasteiger charge is 2.00. The van der Waals surface area contributed by atoms with Gasteiger partial charge in [-0.25, -0.2) is 0 Å². The van der Waals surface area contributed by atoms with Gasteiger partial charge in [0.15, 0.2) is 0 Å². The average molecular weight is 210 g/mol. The topological polar surface area (TPSA) is 0 Å². The van der Waals surface area contributed by atoms with Crippen LogP contribution in [0.25, 0.3) is 11.1 Å². The Balaban J connectivity index is 2.41. The van der Waals surface area contributed by atoms with Crippen LogP contribution in [0.3, 0.4) is 0 Å². The molecular weight excluding hydrogens is 192 g/mol. The maximum Gasteiger partial charge on any atom is -0.0181 e. The van der Waals surface area contributed by atoms with Gasteiger partial charge >= 0.3 is 0 Å². The van der Waals surface area contributed by atoms with Crippen molar-refractivity contribution in [2.45, 2.75) is 27.2 Å². The number of aryl methyl sites for hydroxylation is 3. The van der Waals surface area contributed by atoms with Gasteiger partial charge in [0.05, 0.1) is 0 Å². The predicted molar refractivity (Wildman–Crippen MR) is 70.7 cm³/mol. The van der Waals surface area contributed by atoms with Gasteiger partial charge in [0.1, 0.15) is 0 Å². The van der Waals surface area contributed by atoms with Crippen LogP contribution in [0.2, 0.25) is 0 Å². The van der Waals surface area contributed by atoms with E-state index in [0.717, 1.165) is 6.42 Å². The largest absolute Gasteiger partial charge is 0.0613 e. The second-order valence-electron chi connectivity index (χ2n) is 4.36. The fraction of sp³-hybridized carbons (Fsp3) is 0.250. The predicted octanol–water partition coefficient (Wildman–Crippen LogP) is 4.53. The number of hydrogen-bond donors (Lipinski definition) is 0. The highest BCUT2D eigenvalue weighted by Crippen LogP contribution is 2.22. The molecule has 0 aliphatic carbocycles. The molecule has 0 fully saturated rings. The van der Waals surface area contributed by atoms with Crippen LogP contribution in [0, 0.1) is 13.8 Å². The molecule has 2 aromatic rings. The van der Waals surface area contributed by atoms with E-state index in [1.807, 2.05) is 0 Å². The highest BCUT2D eigenvalue weighted by atomic mass is 14.1. The highest BCUT2D eigenvalue weighted by molar-refractivity contribution is 5.65. The van der Waals surface area contributed by atoms with E-state index in [1.165, 1.54) is 27.8 Å². The lowest BCUT2D eigenvalue weighted by Gasteiger charge is -2.07. The SMILES string of the molecule is CCc1ccc(-c2ccc(C)cc2)cc1C. The number of rotatable bonds is 2. The minimum absolute atomic E-state index is 1.11. The van der Waals surface area contributed by atoms with Gasteiger partial charge in [0.25, 0.3) is 0 Å². The number of hydrogen-bond acceptors (Lipinski definition) is 0. The van der Waals surface area contributed by atoms with E-state index in [9.17, 15) is 0 Å². The van der Waals surface area contributed by atoms with Crippen molar-refractivity contribution in [2.75, 3.05) is 0 Å². The van der Waals surface area contributed by atoms with Crippen molar-refractivity contribution in [1.29, 1.82) is 0 Å². The van der Waals surface area contributed by atoms with Gasteiger partial charge in [-0.15, -0.1) is 0 Å². The van der Waals surface area contributed by atoms with E-state index in [4.69, 9.17) is 0 Å². The smallest absolute Gasteiger partial charge is 0.0181 e. The Morgan fingerprint density at radius 1 is 0.812 bits per heavy atom. The Morgan fingerprint density at radius 3 is 2.00 bits per heavy atom. The van der Waals surface area contributed by atoms with Crippen molar-refractivity contribution in [3.63, 3.8) is 0 Å². The molecule has 0 saturated carbocycles. The first-order valence-electron chi connectivity index (χ1n) is 5.87. The van der Waals surface area contributed by atoms with Crippen molar-refractivity contribution in [3.8, 4) is 11.1 Å². The van der Waals surface area contributed by atoms with Gasteiger partial charge in [-0.05, 0) is 42.5 Å². The summed E-state index contributed by atoms with van der Waals surface area (Å²) < 4.78 is 0. The molecule has 2 aromatic carbocycles. The second kappa shape index (κ2) is 4.52. The quantitative estimate of drug-likeness (QED) is 0.683. The normalized spacial score (nSPS) is 10.4. The van der Waals surface area contributed by atoms with Gasteiger partial charge in [0.2, 0.25) is 0 Å². The van der Waals surface area contributed by atoms with Crippen molar-refractivity contribution in [1.82, 2.24) is 0 Å². The van der Waals surface area contributed by atoms with E-state index in [0.29, 0.717) is 0 Å². The molecule has 0 N–H and O–H groups in total. The van der Waals surface area contributed by atoms with Crippen molar-refractivity contribution < 1.29 is 0 Å². The van der Waals surface area contributed by atoms with E-state index >= 15 is 0 Å². The van der Waals surface area contributed by atoms with E-state index < -0.39 is 0 Å². The minimum atomic E-state index is 1.11. The summed E-state index contributed by atoms with van der Waals surface area (Å²) in [5.41, 5.74) is 6.76. The molecule has 0 amide bonds. The van der Waals surface area contributed by atoms with Crippen molar-refractivity contribution in [2.24, 2.45) is 0 Å². The van der Waals surface area contributed by atoms with Gasteiger partial charge in [-0.2, -0.15) is 0 Å². The van der Waals surface area contributed by atoms with Crippen LogP contribution in [0.5, 0.6) is 0 Å². The van der Waals surface area contributed by atoms with Gasteiger partial charge in [-0.3, -0.25) is 0 Å². The van der Waals surface area contributed by atoms with Gasteiger partial charge in [0, 0.05) is 0 Å². The first-order chi connectivity index (χ1) is 7.70. The molecule has 0 bridgehead atoms. The van der Waals surface area contributed by atoms with Gasteiger partial charge in [-0.1, -0.05) is 55.0 Å². The molecule has 0 nitrogen and oxygen atoms in total. The third-order valence-corrected chi connectivity index (χ3v) is 3.11. The van der Waals surface area contributed by atoms with Crippen LogP contribution in [-0.2, 0) is 6.42 Å². The summed E-state index contributed by atoms with van der Waals surface area (Å²) in [5.74, 6) is 0. The Morgan fingerprint density at radius 2 is 1.44 bits per heavy atom. The lowest BCUT2D eigenvalue weighted by Crippen LogP contribution is -1.87. The second-order valence-corrected chi connectivity index (χ2v) is 4.36. The summed E-state index contributed by atoms with van der Waals surface area (Å²) in [7, 11) is 0. The Kier molecular flexibility index (Phi) is 3.09. The molecule has 0 saturated heterocycles. The average Bonchev–Trinajstić information content (AvgIpc) is 2.30. The fourth-order valence-corrected chi connectivity index (χ4v) is 2.02. The standard InChI is InChI=1S/C16H18/c1-4-14-9-10-16(11-13(14)3)15-7-5-12(2)6-8-15/h5-11H,4H2,1-3H3. The van der Waals surface area contributed by atoms with Crippen LogP contribution in [0.1, 0.15) is 23.6 Å². The van der Waals surface area contributed by atoms with Crippen LogP contribution < -0.4 is 0 Å². The third kappa shape index (κ3) is 2.16. The Hall–Kier alpha value is -1.56. The van der Waals surface area contributed by atoms with E-state index in [-0.39, 0.29) is 0 Å². The van der Waals surface area contributed by atoms with Crippen LogP contribution in [0.4, 0.5) is 0 Å². The number of benzene rings is 2. The maximum absolute atomic E-state index is 2.28. The summed E-state index contributed by atoms with van der Waals surface area (Å²) in [6.45, 7) is 6.51. The zero-order chi connectivity index (χ0) is 11.5. The lowest BCUT2D eigenvalue weighted by atomic mass is 9.98. The van der Waals surface area contributed by atoms with Crippen LogP contribution in [0.15, 0.2) is 42.5 Å². The molecule has 0 aliphatic heterocycles. The molecular formula is C16H18. The molecule has 0 unspecified atom stereocenters. The van der Waals surface area contributed by atoms with Crippen molar-refractivity contribution >= 4 is 0 Å². The zero-order valence-corrected chi connectivity index (χ0v) is 10.2. The third-order valence-electron chi connectivity index (χ3n) is 3.11. The zero-order valence-electron chi connectivity index (χ0n) is 10.2. The molecule has 0 atom stereocenters. The molecule has 0 aliphatic rings. The molecule has 0 heterocycles. The molecule has 16 heavy (non-hydrogen) atoms. The molecule has 2 rings (SSSR count). The Bertz CT molecular complexity index is 478. The summed E-state index contributed by atoms with van der Waals surface area (Å²) >= 11 is 0. The summed E-state index contributed by atoms with van der Waals surface area (Å²) in [4.78, 5) is 0.